The van der Waals surface area contributed by atoms with Crippen molar-refractivity contribution in [3.05, 3.63) is 35.9 Å². The number of piperidine rings is 1. The lowest BCUT2D eigenvalue weighted by molar-refractivity contribution is -0.140. The molecule has 2 aliphatic rings. The van der Waals surface area contributed by atoms with Gasteiger partial charge in [-0.3, -0.25) is 14.4 Å². The molecule has 0 radical (unpaired) electrons. The summed E-state index contributed by atoms with van der Waals surface area (Å²) >= 11 is 0. The van der Waals surface area contributed by atoms with Crippen LogP contribution in [0.1, 0.15) is 57.4 Å². The first kappa shape index (κ1) is 24.9. The van der Waals surface area contributed by atoms with Crippen LogP contribution in [0.3, 0.4) is 0 Å². The van der Waals surface area contributed by atoms with Crippen molar-refractivity contribution in [1.82, 2.24) is 0 Å². The number of aliphatic hydroxyl groups is 2. The standard InChI is InChI=1S/C25H34N2O6/c1-18(9-5-8-16-28)25(32)20-17-19(26-14-6-3-10-22(26)29)12-13-21(20)27(24(25)31)15-7-4-11-23(30)33-2/h5,9,12-13,17-18,28,32H,3-4,6-8,10-11,14-16H2,1-2H3/b9-5+/t18-,25+/m1/s1. The fourth-order valence-corrected chi connectivity index (χ4v) is 4.56. The number of hydrogen-bond acceptors (Lipinski definition) is 6. The molecule has 0 spiro atoms. The van der Waals surface area contributed by atoms with E-state index in [1.165, 1.54) is 7.11 Å². The summed E-state index contributed by atoms with van der Waals surface area (Å²) in [5.74, 6) is -1.20. The molecule has 0 saturated carbocycles. The summed E-state index contributed by atoms with van der Waals surface area (Å²) in [5.41, 5.74) is 0.0100. The van der Waals surface area contributed by atoms with Crippen LogP contribution < -0.4 is 9.80 Å². The lowest BCUT2D eigenvalue weighted by Crippen LogP contribution is -2.44. The van der Waals surface area contributed by atoms with Gasteiger partial charge in [-0.15, -0.1) is 0 Å². The van der Waals surface area contributed by atoms with Gasteiger partial charge in [-0.05, 0) is 50.3 Å². The van der Waals surface area contributed by atoms with Crippen molar-refractivity contribution in [2.75, 3.05) is 36.6 Å². The number of amides is 2. The van der Waals surface area contributed by atoms with Crippen LogP contribution in [0.25, 0.3) is 0 Å². The Labute approximate surface area is 194 Å². The molecule has 1 aromatic carbocycles. The fraction of sp³-hybridized carbons (Fsp3) is 0.560. The summed E-state index contributed by atoms with van der Waals surface area (Å²) in [6.45, 7) is 2.74. The van der Waals surface area contributed by atoms with Crippen molar-refractivity contribution in [3.8, 4) is 0 Å². The van der Waals surface area contributed by atoms with Gasteiger partial charge in [0.1, 0.15) is 0 Å². The molecule has 2 heterocycles. The molecule has 0 aromatic heterocycles. The maximum atomic E-state index is 13.5. The highest BCUT2D eigenvalue weighted by Crippen LogP contribution is 2.47. The molecule has 2 aliphatic heterocycles. The molecule has 0 bridgehead atoms. The highest BCUT2D eigenvalue weighted by molar-refractivity contribution is 6.08. The van der Waals surface area contributed by atoms with E-state index >= 15 is 0 Å². The van der Waals surface area contributed by atoms with Gasteiger partial charge in [-0.1, -0.05) is 19.1 Å². The Morgan fingerprint density at radius 1 is 1.27 bits per heavy atom. The summed E-state index contributed by atoms with van der Waals surface area (Å²) in [4.78, 5) is 40.7. The summed E-state index contributed by atoms with van der Waals surface area (Å²) in [6, 6.07) is 5.39. The second-order valence-electron chi connectivity index (χ2n) is 8.69. The van der Waals surface area contributed by atoms with Crippen LogP contribution in [0.2, 0.25) is 0 Å². The number of benzene rings is 1. The molecule has 0 aliphatic carbocycles. The number of esters is 1. The van der Waals surface area contributed by atoms with E-state index in [0.717, 1.165) is 12.8 Å². The van der Waals surface area contributed by atoms with E-state index in [0.29, 0.717) is 55.7 Å². The topological polar surface area (TPSA) is 107 Å². The quantitative estimate of drug-likeness (QED) is 0.317. The molecule has 0 unspecified atom stereocenters. The van der Waals surface area contributed by atoms with E-state index < -0.39 is 17.4 Å². The normalized spacial score (nSPS) is 21.6. The third-order valence-corrected chi connectivity index (χ3v) is 6.51. The molecule has 1 saturated heterocycles. The van der Waals surface area contributed by atoms with Crippen LogP contribution in [-0.2, 0) is 24.7 Å². The number of nitrogens with zero attached hydrogens (tertiary/aromatic N) is 2. The first-order chi connectivity index (χ1) is 15.8. The van der Waals surface area contributed by atoms with Crippen molar-refractivity contribution in [2.45, 2.75) is 57.5 Å². The molecule has 1 aromatic rings. The Balaban J connectivity index is 1.92. The lowest BCUT2D eigenvalue weighted by Gasteiger charge is -2.30. The first-order valence-corrected chi connectivity index (χ1v) is 11.7. The number of aliphatic hydroxyl groups excluding tert-OH is 1. The number of methoxy groups -OCH3 is 1. The van der Waals surface area contributed by atoms with Crippen LogP contribution in [0.5, 0.6) is 0 Å². The predicted octanol–water partition coefficient (Wildman–Crippen LogP) is 2.66. The van der Waals surface area contributed by atoms with E-state index in [4.69, 9.17) is 5.11 Å². The minimum Gasteiger partial charge on any atom is -0.469 e. The maximum absolute atomic E-state index is 13.5. The van der Waals surface area contributed by atoms with Gasteiger partial charge in [0.25, 0.3) is 5.91 Å². The van der Waals surface area contributed by atoms with Gasteiger partial charge in [0, 0.05) is 49.7 Å². The third-order valence-electron chi connectivity index (χ3n) is 6.51. The number of rotatable bonds is 10. The monoisotopic (exact) mass is 458 g/mol. The lowest BCUT2D eigenvalue weighted by atomic mass is 9.82. The Morgan fingerprint density at radius 2 is 2.06 bits per heavy atom. The van der Waals surface area contributed by atoms with Crippen molar-refractivity contribution >= 4 is 29.2 Å². The number of unbranched alkanes of at least 4 members (excludes halogenated alkanes) is 1. The Bertz CT molecular complexity index is 914. The second-order valence-corrected chi connectivity index (χ2v) is 8.69. The Kier molecular flexibility index (Phi) is 8.26. The number of carbonyl (C=O) groups excluding carboxylic acids is 3. The van der Waals surface area contributed by atoms with Gasteiger partial charge < -0.3 is 24.7 Å². The van der Waals surface area contributed by atoms with Crippen LogP contribution in [0.15, 0.2) is 30.4 Å². The van der Waals surface area contributed by atoms with E-state index in [1.807, 2.05) is 6.07 Å². The molecule has 2 atom stereocenters. The molecule has 8 heteroatoms. The number of hydrogen-bond donors (Lipinski definition) is 2. The molecule has 3 rings (SSSR count). The minimum absolute atomic E-state index is 0.0142. The average molecular weight is 459 g/mol. The first-order valence-electron chi connectivity index (χ1n) is 11.7. The summed E-state index contributed by atoms with van der Waals surface area (Å²) in [6.07, 6.45) is 7.63. The van der Waals surface area contributed by atoms with Crippen LogP contribution in [-0.4, -0.2) is 54.8 Å². The van der Waals surface area contributed by atoms with Gasteiger partial charge in [-0.25, -0.2) is 0 Å². The highest BCUT2D eigenvalue weighted by atomic mass is 16.5. The number of carbonyl (C=O) groups is 3. The summed E-state index contributed by atoms with van der Waals surface area (Å²) < 4.78 is 4.67. The second kappa shape index (κ2) is 10.9. The van der Waals surface area contributed by atoms with E-state index in [9.17, 15) is 19.5 Å². The van der Waals surface area contributed by atoms with Gasteiger partial charge in [0.05, 0.1) is 12.8 Å². The molecule has 8 nitrogen and oxygen atoms in total. The van der Waals surface area contributed by atoms with Gasteiger partial charge in [0.2, 0.25) is 5.91 Å². The zero-order valence-corrected chi connectivity index (χ0v) is 19.5. The summed E-state index contributed by atoms with van der Waals surface area (Å²) in [5, 5.41) is 20.8. The predicted molar refractivity (Wildman–Crippen MR) is 125 cm³/mol. The molecule has 1 fully saturated rings. The zero-order valence-electron chi connectivity index (χ0n) is 19.5. The smallest absolute Gasteiger partial charge is 0.305 e. The van der Waals surface area contributed by atoms with Crippen molar-refractivity contribution < 1.29 is 29.3 Å². The number of fused-ring (bicyclic) bond motifs is 1. The van der Waals surface area contributed by atoms with E-state index in [-0.39, 0.29) is 24.9 Å². The van der Waals surface area contributed by atoms with Crippen molar-refractivity contribution in [2.24, 2.45) is 5.92 Å². The molecule has 180 valence electrons. The molecule has 2 N–H and O–H groups in total. The van der Waals surface area contributed by atoms with Gasteiger partial charge in [0.15, 0.2) is 5.60 Å². The third kappa shape index (κ3) is 5.12. The van der Waals surface area contributed by atoms with E-state index in [1.54, 1.807) is 41.0 Å². The van der Waals surface area contributed by atoms with Crippen molar-refractivity contribution in [3.63, 3.8) is 0 Å². The zero-order chi connectivity index (χ0) is 24.0. The molecule has 33 heavy (non-hydrogen) atoms. The summed E-state index contributed by atoms with van der Waals surface area (Å²) in [7, 11) is 1.35. The minimum atomic E-state index is -1.78. The molecular weight excluding hydrogens is 424 g/mol. The Hall–Kier alpha value is -2.71. The fourth-order valence-electron chi connectivity index (χ4n) is 4.56. The van der Waals surface area contributed by atoms with Crippen molar-refractivity contribution in [1.29, 1.82) is 0 Å². The van der Waals surface area contributed by atoms with Crippen LogP contribution in [0.4, 0.5) is 11.4 Å². The number of ether oxygens (including phenoxy) is 1. The maximum Gasteiger partial charge on any atom is 0.305 e. The van der Waals surface area contributed by atoms with Gasteiger partial charge in [-0.2, -0.15) is 0 Å². The van der Waals surface area contributed by atoms with Crippen LogP contribution >= 0.6 is 0 Å². The van der Waals surface area contributed by atoms with Crippen LogP contribution in [0, 0.1) is 5.92 Å². The highest BCUT2D eigenvalue weighted by Gasteiger charge is 2.52. The van der Waals surface area contributed by atoms with Gasteiger partial charge >= 0.3 is 5.97 Å². The molecule has 2 amide bonds. The molecular formula is C25H34N2O6. The SMILES string of the molecule is COC(=O)CCCCN1C(=O)[C@](O)([C@H](C)/C=C/CCO)c2cc(N3CCCCC3=O)ccc21. The Morgan fingerprint density at radius 3 is 2.76 bits per heavy atom. The largest absolute Gasteiger partial charge is 0.469 e. The van der Waals surface area contributed by atoms with E-state index in [2.05, 4.69) is 4.74 Å². The average Bonchev–Trinajstić information content (AvgIpc) is 3.04. The number of anilines is 2.